The Morgan fingerprint density at radius 1 is 1.08 bits per heavy atom. The summed E-state index contributed by atoms with van der Waals surface area (Å²) in [5.74, 6) is -2.42. The molecular weight excluding hydrogens is 328 g/mol. The maximum absolute atomic E-state index is 14.2. The lowest BCUT2D eigenvalue weighted by Crippen LogP contribution is -2.19. The average molecular weight is 341 g/mol. The second-order valence-corrected chi connectivity index (χ2v) is 5.39. The molecule has 0 aliphatic heterocycles. The van der Waals surface area contributed by atoms with Crippen LogP contribution >= 0.6 is 0 Å². The topological polar surface area (TPSA) is 59.3 Å². The van der Waals surface area contributed by atoms with E-state index in [1.807, 2.05) is 0 Å². The zero-order valence-corrected chi connectivity index (χ0v) is 12.9. The first-order valence-electron chi connectivity index (χ1n) is 7.45. The Kier molecular flexibility index (Phi) is 4.43. The molecule has 0 unspecified atom stereocenters. The fourth-order valence-electron chi connectivity index (χ4n) is 2.61. The number of carbonyl (C=O) groups is 1. The van der Waals surface area contributed by atoms with Gasteiger partial charge >= 0.3 is 5.97 Å². The molecule has 4 nitrogen and oxygen atoms in total. The Balaban J connectivity index is 2.09. The molecule has 25 heavy (non-hydrogen) atoms. The van der Waals surface area contributed by atoms with Crippen molar-refractivity contribution in [2.24, 2.45) is 0 Å². The minimum absolute atomic E-state index is 0.00989. The van der Waals surface area contributed by atoms with Crippen molar-refractivity contribution in [1.29, 1.82) is 0 Å². The third-order valence-electron chi connectivity index (χ3n) is 3.78. The van der Waals surface area contributed by atoms with E-state index in [1.54, 1.807) is 24.3 Å². The summed E-state index contributed by atoms with van der Waals surface area (Å²) in [6.07, 6.45) is 4.18. The van der Waals surface area contributed by atoms with E-state index in [0.29, 0.717) is 5.56 Å². The van der Waals surface area contributed by atoms with E-state index in [0.717, 1.165) is 6.20 Å². The number of fused-ring (bicyclic) bond motifs is 1. The number of pyridine rings is 1. The maximum Gasteiger partial charge on any atom is 0.341 e. The fourth-order valence-corrected chi connectivity index (χ4v) is 2.61. The van der Waals surface area contributed by atoms with Crippen LogP contribution < -0.4 is 5.43 Å². The molecule has 0 aliphatic rings. The first-order chi connectivity index (χ1) is 12.0. The van der Waals surface area contributed by atoms with Crippen LogP contribution in [0.15, 0.2) is 59.5 Å². The summed E-state index contributed by atoms with van der Waals surface area (Å²) in [5, 5.41) is 9.17. The van der Waals surface area contributed by atoms with Gasteiger partial charge < -0.3 is 9.67 Å². The molecule has 2 aromatic carbocycles. The average Bonchev–Trinajstić information content (AvgIpc) is 2.58. The number of aromatic carboxylic acids is 1. The molecule has 1 aromatic heterocycles. The van der Waals surface area contributed by atoms with Gasteiger partial charge in [0, 0.05) is 23.7 Å². The molecule has 3 aromatic rings. The highest BCUT2D eigenvalue weighted by atomic mass is 19.1. The number of allylic oxidation sites excluding steroid dienone is 1. The smallest absolute Gasteiger partial charge is 0.341 e. The standard InChI is InChI=1S/C19H13F2NO3/c20-15-8-2-1-5-12(15)6-4-10-22-11-14(19(24)25)18(23)13-7-3-9-16(21)17(13)22/h1-9,11H,10H2,(H,24,25)/b6-4+. The quantitative estimate of drug-likeness (QED) is 0.787. The molecule has 0 fully saturated rings. The molecule has 1 heterocycles. The van der Waals surface area contributed by atoms with Gasteiger partial charge in [0.1, 0.15) is 17.2 Å². The minimum atomic E-state index is -1.39. The van der Waals surface area contributed by atoms with Gasteiger partial charge in [-0.1, -0.05) is 36.4 Å². The molecule has 126 valence electrons. The van der Waals surface area contributed by atoms with Crippen LogP contribution in [-0.2, 0) is 6.54 Å². The predicted octanol–water partition coefficient (Wildman–Crippen LogP) is 3.69. The summed E-state index contributed by atoms with van der Waals surface area (Å²) in [5.41, 5.74) is -0.823. The van der Waals surface area contributed by atoms with Gasteiger partial charge in [0.15, 0.2) is 0 Å². The Morgan fingerprint density at radius 2 is 1.80 bits per heavy atom. The van der Waals surface area contributed by atoms with Crippen LogP contribution in [0.2, 0.25) is 0 Å². The molecule has 0 spiro atoms. The number of nitrogens with zero attached hydrogens (tertiary/aromatic N) is 1. The first kappa shape index (κ1) is 16.6. The predicted molar refractivity (Wildman–Crippen MR) is 90.6 cm³/mol. The van der Waals surface area contributed by atoms with Crippen LogP contribution in [0.25, 0.3) is 17.0 Å². The highest BCUT2D eigenvalue weighted by Gasteiger charge is 2.16. The van der Waals surface area contributed by atoms with Crippen LogP contribution in [0.5, 0.6) is 0 Å². The van der Waals surface area contributed by atoms with Gasteiger partial charge in [0.25, 0.3) is 0 Å². The van der Waals surface area contributed by atoms with Crippen LogP contribution in [0, 0.1) is 11.6 Å². The zero-order chi connectivity index (χ0) is 18.0. The summed E-state index contributed by atoms with van der Waals surface area (Å²) in [6, 6.07) is 10.1. The number of hydrogen-bond donors (Lipinski definition) is 1. The van der Waals surface area contributed by atoms with Crippen LogP contribution in [0.3, 0.4) is 0 Å². The van der Waals surface area contributed by atoms with Gasteiger partial charge in [0.05, 0.1) is 5.52 Å². The van der Waals surface area contributed by atoms with E-state index in [4.69, 9.17) is 0 Å². The summed E-state index contributed by atoms with van der Waals surface area (Å²) in [7, 11) is 0. The second-order valence-electron chi connectivity index (χ2n) is 5.39. The van der Waals surface area contributed by atoms with Gasteiger partial charge in [0.2, 0.25) is 5.43 Å². The van der Waals surface area contributed by atoms with Gasteiger partial charge in [-0.25, -0.2) is 13.6 Å². The molecule has 0 atom stereocenters. The molecule has 0 bridgehead atoms. The Labute approximate surface area is 141 Å². The van der Waals surface area contributed by atoms with E-state index >= 15 is 0 Å². The zero-order valence-electron chi connectivity index (χ0n) is 12.9. The van der Waals surface area contributed by atoms with Gasteiger partial charge in [-0.2, -0.15) is 0 Å². The van der Waals surface area contributed by atoms with Crippen molar-refractivity contribution in [3.05, 3.63) is 87.7 Å². The highest BCUT2D eigenvalue weighted by Crippen LogP contribution is 2.17. The van der Waals surface area contributed by atoms with E-state index in [2.05, 4.69) is 0 Å². The van der Waals surface area contributed by atoms with Gasteiger partial charge in [-0.15, -0.1) is 0 Å². The number of carboxylic acid groups (broad SMARTS) is 1. The van der Waals surface area contributed by atoms with E-state index in [9.17, 15) is 23.5 Å². The molecule has 0 aliphatic carbocycles. The second kappa shape index (κ2) is 6.68. The van der Waals surface area contributed by atoms with Crippen molar-refractivity contribution in [1.82, 2.24) is 4.57 Å². The van der Waals surface area contributed by atoms with Crippen LogP contribution in [0.1, 0.15) is 15.9 Å². The normalized spacial score (nSPS) is 11.3. The number of hydrogen-bond acceptors (Lipinski definition) is 2. The molecule has 1 N–H and O–H groups in total. The molecule has 6 heteroatoms. The fraction of sp³-hybridized carbons (Fsp3) is 0.0526. The number of aromatic nitrogens is 1. The third kappa shape index (κ3) is 3.19. The monoisotopic (exact) mass is 341 g/mol. The van der Waals surface area contributed by atoms with Crippen LogP contribution in [-0.4, -0.2) is 15.6 Å². The minimum Gasteiger partial charge on any atom is -0.477 e. The third-order valence-corrected chi connectivity index (χ3v) is 3.78. The van der Waals surface area contributed by atoms with Crippen molar-refractivity contribution in [2.75, 3.05) is 0 Å². The van der Waals surface area contributed by atoms with Gasteiger partial charge in [-0.05, 0) is 18.2 Å². The molecule has 0 saturated heterocycles. The lowest BCUT2D eigenvalue weighted by atomic mass is 10.1. The van der Waals surface area contributed by atoms with E-state index in [1.165, 1.54) is 34.9 Å². The van der Waals surface area contributed by atoms with Gasteiger partial charge in [-0.3, -0.25) is 4.79 Å². The molecular formula is C19H13F2NO3. The summed E-state index contributed by atoms with van der Waals surface area (Å²) < 4.78 is 29.1. The number of rotatable bonds is 4. The Hall–Kier alpha value is -3.28. The van der Waals surface area contributed by atoms with E-state index in [-0.39, 0.29) is 17.4 Å². The van der Waals surface area contributed by atoms with Crippen LogP contribution in [0.4, 0.5) is 8.78 Å². The summed E-state index contributed by atoms with van der Waals surface area (Å²) >= 11 is 0. The number of benzene rings is 2. The Morgan fingerprint density at radius 3 is 2.52 bits per heavy atom. The number of para-hydroxylation sites is 1. The SMILES string of the molecule is O=C(O)c1cn(C/C=C/c2ccccc2F)c2c(F)cccc2c1=O. The highest BCUT2D eigenvalue weighted by molar-refractivity contribution is 5.92. The van der Waals surface area contributed by atoms with Crippen molar-refractivity contribution in [2.45, 2.75) is 6.54 Å². The molecule has 0 saturated carbocycles. The van der Waals surface area contributed by atoms with Crippen molar-refractivity contribution >= 4 is 22.9 Å². The Bertz CT molecular complexity index is 1050. The summed E-state index contributed by atoms with van der Waals surface area (Å²) in [6.45, 7) is 0.0757. The number of halogens is 2. The summed E-state index contributed by atoms with van der Waals surface area (Å²) in [4.78, 5) is 23.5. The lowest BCUT2D eigenvalue weighted by Gasteiger charge is -2.11. The molecule has 0 amide bonds. The largest absolute Gasteiger partial charge is 0.477 e. The molecule has 0 radical (unpaired) electrons. The van der Waals surface area contributed by atoms with Crippen molar-refractivity contribution in [3.8, 4) is 0 Å². The van der Waals surface area contributed by atoms with Crippen molar-refractivity contribution < 1.29 is 18.7 Å². The first-order valence-corrected chi connectivity index (χ1v) is 7.45. The molecule has 3 rings (SSSR count). The van der Waals surface area contributed by atoms with Crippen molar-refractivity contribution in [3.63, 3.8) is 0 Å². The maximum atomic E-state index is 14.2. The lowest BCUT2D eigenvalue weighted by molar-refractivity contribution is 0.0695. The number of carboxylic acids is 1. The van der Waals surface area contributed by atoms with E-state index < -0.39 is 28.6 Å².